The summed E-state index contributed by atoms with van der Waals surface area (Å²) in [6.45, 7) is 1.54. The third-order valence-electron chi connectivity index (χ3n) is 2.39. The Balaban J connectivity index is 3.13. The van der Waals surface area contributed by atoms with Crippen LogP contribution in [-0.4, -0.2) is 36.6 Å². The van der Waals surface area contributed by atoms with Gasteiger partial charge in [0.1, 0.15) is 16.5 Å². The van der Waals surface area contributed by atoms with Crippen LogP contribution in [0.5, 0.6) is 0 Å². The second kappa shape index (κ2) is 6.80. The van der Waals surface area contributed by atoms with Crippen molar-refractivity contribution in [1.82, 2.24) is 5.32 Å². The molecule has 0 saturated carbocycles. The van der Waals surface area contributed by atoms with Crippen molar-refractivity contribution in [3.05, 3.63) is 29.3 Å². The summed E-state index contributed by atoms with van der Waals surface area (Å²) in [5.41, 5.74) is -0.663. The second-order valence-corrected chi connectivity index (χ2v) is 8.33. The number of hydrogen-bond donors (Lipinski definition) is 1. The molecule has 1 aromatic rings. The Morgan fingerprint density at radius 2 is 1.95 bits per heavy atom. The summed E-state index contributed by atoms with van der Waals surface area (Å²) >= 11 is 0. The van der Waals surface area contributed by atoms with Gasteiger partial charge in [-0.15, -0.1) is 0 Å². The minimum absolute atomic E-state index is 0.134. The Morgan fingerprint density at radius 3 is 2.43 bits per heavy atom. The molecule has 5 nitrogen and oxygen atoms in total. The van der Waals surface area contributed by atoms with Crippen LogP contribution in [0.25, 0.3) is 0 Å². The van der Waals surface area contributed by atoms with Crippen LogP contribution in [0.3, 0.4) is 0 Å². The van der Waals surface area contributed by atoms with E-state index in [1.54, 1.807) is 6.92 Å². The normalized spacial score (nSPS) is 14.5. The SMILES string of the molecule is CC(CS(C)=O)NC(=O)c1cc(S(=O)(=O)Cl)c(F)cc1F. The largest absolute Gasteiger partial charge is 0.349 e. The van der Waals surface area contributed by atoms with Crippen LogP contribution in [0, 0.1) is 11.6 Å². The summed E-state index contributed by atoms with van der Waals surface area (Å²) in [7, 11) is -0.628. The minimum atomic E-state index is -4.45. The zero-order chi connectivity index (χ0) is 16.4. The molecule has 0 aliphatic heterocycles. The van der Waals surface area contributed by atoms with E-state index in [9.17, 15) is 26.2 Å². The van der Waals surface area contributed by atoms with Crippen molar-refractivity contribution in [2.45, 2.75) is 17.9 Å². The van der Waals surface area contributed by atoms with E-state index in [0.29, 0.717) is 6.07 Å². The number of halogens is 3. The lowest BCUT2D eigenvalue weighted by molar-refractivity contribution is 0.0939. The molecule has 0 heterocycles. The highest BCUT2D eigenvalue weighted by Crippen LogP contribution is 2.22. The number of rotatable bonds is 5. The molecule has 10 heteroatoms. The van der Waals surface area contributed by atoms with Crippen molar-refractivity contribution in [3.63, 3.8) is 0 Å². The first-order valence-corrected chi connectivity index (χ1v) is 9.60. The lowest BCUT2D eigenvalue weighted by atomic mass is 10.2. The van der Waals surface area contributed by atoms with Gasteiger partial charge in [0.2, 0.25) is 0 Å². The van der Waals surface area contributed by atoms with Crippen LogP contribution < -0.4 is 5.32 Å². The molecule has 0 aliphatic carbocycles. The summed E-state index contributed by atoms with van der Waals surface area (Å²) < 4.78 is 60.2. The van der Waals surface area contributed by atoms with Crippen molar-refractivity contribution in [2.75, 3.05) is 12.0 Å². The zero-order valence-electron chi connectivity index (χ0n) is 11.0. The smallest absolute Gasteiger partial charge is 0.264 e. The van der Waals surface area contributed by atoms with Gasteiger partial charge in [0.05, 0.1) is 5.56 Å². The molecule has 0 fully saturated rings. The van der Waals surface area contributed by atoms with Gasteiger partial charge in [-0.1, -0.05) is 0 Å². The van der Waals surface area contributed by atoms with E-state index in [1.165, 1.54) is 6.26 Å². The van der Waals surface area contributed by atoms with Crippen LogP contribution >= 0.6 is 10.7 Å². The van der Waals surface area contributed by atoms with Crippen molar-refractivity contribution in [2.24, 2.45) is 0 Å². The van der Waals surface area contributed by atoms with E-state index < -0.39 is 53.9 Å². The van der Waals surface area contributed by atoms with Crippen molar-refractivity contribution in [1.29, 1.82) is 0 Å². The first kappa shape index (κ1) is 18.0. The topological polar surface area (TPSA) is 80.3 Å². The second-order valence-electron chi connectivity index (χ2n) is 4.31. The third-order valence-corrected chi connectivity index (χ3v) is 4.70. The predicted octanol–water partition coefficient (Wildman–Crippen LogP) is 1.39. The molecule has 1 amide bonds. The molecule has 1 aromatic carbocycles. The first-order chi connectivity index (χ1) is 9.52. The van der Waals surface area contributed by atoms with Crippen LogP contribution in [0.15, 0.2) is 17.0 Å². The quantitative estimate of drug-likeness (QED) is 0.806. The number of hydrogen-bond acceptors (Lipinski definition) is 4. The number of benzene rings is 1. The van der Waals surface area contributed by atoms with E-state index in [1.807, 2.05) is 0 Å². The molecule has 0 radical (unpaired) electrons. The molecule has 0 saturated heterocycles. The Morgan fingerprint density at radius 1 is 1.38 bits per heavy atom. The zero-order valence-corrected chi connectivity index (χ0v) is 13.4. The summed E-state index contributed by atoms with van der Waals surface area (Å²) in [6, 6.07) is 0.258. The average Bonchev–Trinajstić information content (AvgIpc) is 2.24. The molecule has 2 atom stereocenters. The fourth-order valence-electron chi connectivity index (χ4n) is 1.59. The molecule has 1 rings (SSSR count). The van der Waals surface area contributed by atoms with Crippen LogP contribution in [0.2, 0.25) is 0 Å². The lowest BCUT2D eigenvalue weighted by Gasteiger charge is -2.13. The number of carbonyl (C=O) groups is 1. The van der Waals surface area contributed by atoms with Crippen LogP contribution in [-0.2, 0) is 19.9 Å². The van der Waals surface area contributed by atoms with E-state index in [-0.39, 0.29) is 11.8 Å². The van der Waals surface area contributed by atoms with Crippen molar-refractivity contribution < 1.29 is 26.2 Å². The van der Waals surface area contributed by atoms with Gasteiger partial charge in [0.25, 0.3) is 15.0 Å². The minimum Gasteiger partial charge on any atom is -0.349 e. The van der Waals surface area contributed by atoms with Gasteiger partial charge in [0.15, 0.2) is 0 Å². The van der Waals surface area contributed by atoms with Gasteiger partial charge in [-0.05, 0) is 13.0 Å². The molecular weight excluding hydrogens is 348 g/mol. The molecule has 21 heavy (non-hydrogen) atoms. The summed E-state index contributed by atoms with van der Waals surface area (Å²) in [4.78, 5) is 10.9. The van der Waals surface area contributed by atoms with E-state index in [2.05, 4.69) is 5.32 Å². The maximum absolute atomic E-state index is 13.6. The van der Waals surface area contributed by atoms with Gasteiger partial charge in [0, 0.05) is 45.6 Å². The van der Waals surface area contributed by atoms with Gasteiger partial charge in [-0.25, -0.2) is 17.2 Å². The van der Waals surface area contributed by atoms with Gasteiger partial charge in [-0.3, -0.25) is 9.00 Å². The fraction of sp³-hybridized carbons (Fsp3) is 0.364. The average molecular weight is 360 g/mol. The number of carbonyl (C=O) groups excluding carboxylic acids is 1. The van der Waals surface area contributed by atoms with Crippen LogP contribution in [0.1, 0.15) is 17.3 Å². The highest BCUT2D eigenvalue weighted by Gasteiger charge is 2.23. The third kappa shape index (κ3) is 5.01. The summed E-state index contributed by atoms with van der Waals surface area (Å²) in [5.74, 6) is -3.43. The van der Waals surface area contributed by atoms with Crippen molar-refractivity contribution >= 4 is 36.4 Å². The molecule has 1 N–H and O–H groups in total. The first-order valence-electron chi connectivity index (χ1n) is 5.57. The van der Waals surface area contributed by atoms with Crippen LogP contribution in [0.4, 0.5) is 8.78 Å². The van der Waals surface area contributed by atoms with Gasteiger partial charge >= 0.3 is 0 Å². The summed E-state index contributed by atoms with van der Waals surface area (Å²) in [5, 5.41) is 2.33. The standard InChI is InChI=1S/C11H12ClF2NO4S2/c1-6(5-20(2)17)15-11(16)7-3-10(21(12,18)19)9(14)4-8(7)13/h3-4,6H,5H2,1-2H3,(H,15,16). The molecular formula is C11H12ClF2NO4S2. The van der Waals surface area contributed by atoms with E-state index in [0.717, 1.165) is 0 Å². The Bertz CT molecular complexity index is 694. The molecule has 118 valence electrons. The molecule has 0 bridgehead atoms. The maximum atomic E-state index is 13.6. The highest BCUT2D eigenvalue weighted by atomic mass is 35.7. The Labute approximate surface area is 127 Å². The van der Waals surface area contributed by atoms with Gasteiger partial charge < -0.3 is 5.32 Å². The Hall–Kier alpha value is -1.06. The molecule has 0 aromatic heterocycles. The van der Waals surface area contributed by atoms with E-state index >= 15 is 0 Å². The van der Waals surface area contributed by atoms with Gasteiger partial charge in [-0.2, -0.15) is 0 Å². The monoisotopic (exact) mass is 359 g/mol. The van der Waals surface area contributed by atoms with Crippen molar-refractivity contribution in [3.8, 4) is 0 Å². The maximum Gasteiger partial charge on any atom is 0.264 e. The highest BCUT2D eigenvalue weighted by molar-refractivity contribution is 8.13. The molecule has 0 spiro atoms. The predicted molar refractivity (Wildman–Crippen MR) is 75.3 cm³/mol. The molecule has 2 unspecified atom stereocenters. The Kier molecular flexibility index (Phi) is 5.83. The fourth-order valence-corrected chi connectivity index (χ4v) is 3.28. The number of nitrogens with one attached hydrogen (secondary N) is 1. The lowest BCUT2D eigenvalue weighted by Crippen LogP contribution is -2.36. The summed E-state index contributed by atoms with van der Waals surface area (Å²) in [6.07, 6.45) is 1.43. The molecule has 0 aliphatic rings. The van der Waals surface area contributed by atoms with E-state index in [4.69, 9.17) is 10.7 Å². The number of amides is 1.